The number of aromatic nitrogens is 1. The van der Waals surface area contributed by atoms with Crippen molar-refractivity contribution in [1.82, 2.24) is 9.88 Å². The molecule has 0 amide bonds. The van der Waals surface area contributed by atoms with Crippen LogP contribution in [0.5, 0.6) is 11.5 Å². The maximum Gasteiger partial charge on any atom is 0.231 e. The van der Waals surface area contributed by atoms with Gasteiger partial charge in [0.2, 0.25) is 6.79 Å². The highest BCUT2D eigenvalue weighted by molar-refractivity contribution is 5.96. The average Bonchev–Trinajstić information content (AvgIpc) is 3.08. The zero-order valence-corrected chi connectivity index (χ0v) is 12.1. The minimum atomic E-state index is 0.329. The van der Waals surface area contributed by atoms with Crippen LogP contribution in [-0.4, -0.2) is 29.8 Å². The lowest BCUT2D eigenvalue weighted by Gasteiger charge is -2.39. The third kappa shape index (κ3) is 1.56. The number of hydrogen-bond donors (Lipinski definition) is 1. The quantitative estimate of drug-likeness (QED) is 0.872. The zero-order valence-electron chi connectivity index (χ0n) is 12.1. The van der Waals surface area contributed by atoms with E-state index in [1.807, 2.05) is 0 Å². The molecule has 0 radical (unpaired) electrons. The standard InChI is InChI=1S/C17H18N2O2/c1-10-17(13-8-19-4-2-11(13)3-5-19)12-6-15-16(21-9-20-15)7-14(12)18-10/h6-8,11,18H,2-5,9H2,1H3. The van der Waals surface area contributed by atoms with Crippen molar-refractivity contribution < 1.29 is 9.47 Å². The van der Waals surface area contributed by atoms with Gasteiger partial charge in [0, 0.05) is 42.0 Å². The lowest BCUT2D eigenvalue weighted by atomic mass is 9.81. The summed E-state index contributed by atoms with van der Waals surface area (Å²) in [6, 6.07) is 4.20. The largest absolute Gasteiger partial charge is 0.454 e. The van der Waals surface area contributed by atoms with Crippen LogP contribution in [-0.2, 0) is 0 Å². The van der Waals surface area contributed by atoms with Crippen LogP contribution >= 0.6 is 0 Å². The summed E-state index contributed by atoms with van der Waals surface area (Å²) in [6.07, 6.45) is 4.93. The molecule has 0 unspecified atom stereocenters. The maximum absolute atomic E-state index is 5.55. The van der Waals surface area contributed by atoms with E-state index in [1.165, 1.54) is 48.1 Å². The van der Waals surface area contributed by atoms with Gasteiger partial charge in [0.25, 0.3) is 0 Å². The smallest absolute Gasteiger partial charge is 0.231 e. The zero-order chi connectivity index (χ0) is 14.0. The van der Waals surface area contributed by atoms with E-state index in [2.05, 4.69) is 35.1 Å². The molecule has 1 saturated heterocycles. The Labute approximate surface area is 123 Å². The highest BCUT2D eigenvalue weighted by Gasteiger charge is 2.30. The van der Waals surface area contributed by atoms with Crippen molar-refractivity contribution in [1.29, 1.82) is 0 Å². The van der Waals surface area contributed by atoms with Crippen LogP contribution in [0.1, 0.15) is 24.1 Å². The van der Waals surface area contributed by atoms with E-state index in [0.29, 0.717) is 12.7 Å². The summed E-state index contributed by atoms with van der Waals surface area (Å²) in [5.41, 5.74) is 5.26. The number of hydrogen-bond acceptors (Lipinski definition) is 3. The van der Waals surface area contributed by atoms with E-state index in [1.54, 1.807) is 0 Å². The van der Waals surface area contributed by atoms with Gasteiger partial charge < -0.3 is 19.4 Å². The van der Waals surface area contributed by atoms with Gasteiger partial charge in [0.05, 0.1) is 5.52 Å². The fourth-order valence-electron chi connectivity index (χ4n) is 4.00. The molecule has 1 N–H and O–H groups in total. The van der Waals surface area contributed by atoms with Crippen molar-refractivity contribution in [2.45, 2.75) is 19.8 Å². The van der Waals surface area contributed by atoms with Crippen molar-refractivity contribution in [3.8, 4) is 11.5 Å². The summed E-state index contributed by atoms with van der Waals surface area (Å²) in [7, 11) is 0. The first-order valence-corrected chi connectivity index (χ1v) is 7.67. The lowest BCUT2D eigenvalue weighted by molar-refractivity contribution is 0.174. The SMILES string of the molecule is Cc1[nH]c2cc3c(cc2c1C1=CN2CCC1CC2)OCO3. The van der Waals surface area contributed by atoms with Crippen LogP contribution in [0.2, 0.25) is 0 Å². The molecular formula is C17H18N2O2. The fourth-order valence-corrected chi connectivity index (χ4v) is 4.00. The van der Waals surface area contributed by atoms with E-state index < -0.39 is 0 Å². The molecule has 4 aliphatic rings. The number of rotatable bonds is 1. The van der Waals surface area contributed by atoms with Gasteiger partial charge in [-0.1, -0.05) is 0 Å². The van der Waals surface area contributed by atoms with Crippen molar-refractivity contribution in [3.05, 3.63) is 29.6 Å². The number of H-pyrrole nitrogens is 1. The second-order valence-corrected chi connectivity index (χ2v) is 6.27. The number of ether oxygens (including phenoxy) is 2. The molecule has 1 aromatic heterocycles. The van der Waals surface area contributed by atoms with Crippen molar-refractivity contribution >= 4 is 16.5 Å². The first-order valence-electron chi connectivity index (χ1n) is 7.67. The number of aryl methyl sites for hydroxylation is 1. The molecule has 5 heterocycles. The minimum absolute atomic E-state index is 0.329. The van der Waals surface area contributed by atoms with E-state index in [0.717, 1.165) is 17.0 Å². The first-order chi connectivity index (χ1) is 10.3. The second kappa shape index (κ2) is 3.97. The van der Waals surface area contributed by atoms with Crippen molar-refractivity contribution in [2.24, 2.45) is 5.92 Å². The van der Waals surface area contributed by atoms with Gasteiger partial charge in [-0.15, -0.1) is 0 Å². The molecule has 0 atom stereocenters. The van der Waals surface area contributed by atoms with Crippen LogP contribution < -0.4 is 9.47 Å². The number of nitrogens with zero attached hydrogens (tertiary/aromatic N) is 1. The number of allylic oxidation sites excluding steroid dienone is 1. The van der Waals surface area contributed by atoms with Crippen LogP contribution in [0.3, 0.4) is 0 Å². The molecule has 1 aromatic carbocycles. The molecule has 2 bridgehead atoms. The summed E-state index contributed by atoms with van der Waals surface area (Å²) in [4.78, 5) is 5.98. The second-order valence-electron chi connectivity index (χ2n) is 6.27. The minimum Gasteiger partial charge on any atom is -0.454 e. The predicted molar refractivity (Wildman–Crippen MR) is 81.4 cm³/mol. The molecule has 4 nitrogen and oxygen atoms in total. The van der Waals surface area contributed by atoms with Crippen LogP contribution in [0.25, 0.3) is 16.5 Å². The lowest BCUT2D eigenvalue weighted by Crippen LogP contribution is -2.35. The number of piperidine rings is 1. The Morgan fingerprint density at radius 1 is 1.14 bits per heavy atom. The normalized spacial score (nSPS) is 20.4. The van der Waals surface area contributed by atoms with Gasteiger partial charge in [0.15, 0.2) is 11.5 Å². The summed E-state index contributed by atoms with van der Waals surface area (Å²) in [6.45, 7) is 4.92. The first kappa shape index (κ1) is 11.5. The topological polar surface area (TPSA) is 37.5 Å². The number of aromatic amines is 1. The van der Waals surface area contributed by atoms with E-state index in [-0.39, 0.29) is 0 Å². The molecule has 4 heteroatoms. The molecule has 6 rings (SSSR count). The van der Waals surface area contributed by atoms with E-state index in [9.17, 15) is 0 Å². The van der Waals surface area contributed by atoms with Gasteiger partial charge in [-0.2, -0.15) is 0 Å². The molecule has 0 spiro atoms. The third-order valence-corrected chi connectivity index (χ3v) is 5.06. The fraction of sp³-hybridized carbons (Fsp3) is 0.412. The van der Waals surface area contributed by atoms with Gasteiger partial charge in [-0.05, 0) is 37.3 Å². The highest BCUT2D eigenvalue weighted by atomic mass is 16.7. The predicted octanol–water partition coefficient (Wildman–Crippen LogP) is 3.27. The van der Waals surface area contributed by atoms with Crippen molar-refractivity contribution in [2.75, 3.05) is 19.9 Å². The Bertz CT molecular complexity index is 767. The molecule has 0 saturated carbocycles. The van der Waals surface area contributed by atoms with E-state index >= 15 is 0 Å². The maximum atomic E-state index is 5.55. The summed E-state index contributed by atoms with van der Waals surface area (Å²) in [5, 5.41) is 1.26. The van der Waals surface area contributed by atoms with Gasteiger partial charge in [0.1, 0.15) is 0 Å². The molecule has 1 fully saturated rings. The molecule has 2 aromatic rings. The molecule has 4 aliphatic heterocycles. The Morgan fingerprint density at radius 2 is 1.90 bits per heavy atom. The number of nitrogens with one attached hydrogen (secondary N) is 1. The summed E-state index contributed by atoms with van der Waals surface area (Å²) < 4.78 is 11.0. The van der Waals surface area contributed by atoms with Crippen LogP contribution in [0.4, 0.5) is 0 Å². The Hall–Kier alpha value is -2.10. The Morgan fingerprint density at radius 3 is 2.62 bits per heavy atom. The van der Waals surface area contributed by atoms with Gasteiger partial charge >= 0.3 is 0 Å². The monoisotopic (exact) mass is 282 g/mol. The molecule has 108 valence electrons. The highest BCUT2D eigenvalue weighted by Crippen LogP contribution is 2.44. The van der Waals surface area contributed by atoms with E-state index in [4.69, 9.17) is 9.47 Å². The summed E-state index contributed by atoms with van der Waals surface area (Å²) >= 11 is 0. The van der Waals surface area contributed by atoms with Gasteiger partial charge in [-0.3, -0.25) is 0 Å². The Balaban J connectivity index is 1.74. The molecular weight excluding hydrogens is 264 g/mol. The summed E-state index contributed by atoms with van der Waals surface area (Å²) in [5.74, 6) is 2.42. The van der Waals surface area contributed by atoms with Crippen LogP contribution in [0.15, 0.2) is 18.3 Å². The molecule has 0 aliphatic carbocycles. The molecule has 21 heavy (non-hydrogen) atoms. The van der Waals surface area contributed by atoms with Gasteiger partial charge in [-0.25, -0.2) is 0 Å². The third-order valence-electron chi connectivity index (χ3n) is 5.06. The van der Waals surface area contributed by atoms with Crippen molar-refractivity contribution in [3.63, 3.8) is 0 Å². The van der Waals surface area contributed by atoms with Crippen LogP contribution in [0, 0.1) is 12.8 Å². The Kier molecular flexibility index (Phi) is 2.18. The average molecular weight is 282 g/mol. The number of fused-ring (bicyclic) bond motifs is 4. The number of benzene rings is 1.